The number of piperidine rings is 1. The van der Waals surface area contributed by atoms with E-state index >= 15 is 0 Å². The maximum Gasteiger partial charge on any atom is 0.329 e. The second-order valence-corrected chi connectivity index (χ2v) is 7.09. The SMILES string of the molecule is CC1CCN(CCCNC(=O)Cn2c(=O)[nH]c3ccccc3c2=O)CC1. The number of carbonyl (C=O) groups excluding carboxylic acids is 1. The summed E-state index contributed by atoms with van der Waals surface area (Å²) in [6, 6.07) is 6.79. The van der Waals surface area contributed by atoms with Gasteiger partial charge in [-0.2, -0.15) is 0 Å². The first-order valence-electron chi connectivity index (χ1n) is 9.25. The molecule has 0 unspecified atom stereocenters. The molecular formula is C19H26N4O3. The van der Waals surface area contributed by atoms with Gasteiger partial charge in [0.1, 0.15) is 6.54 Å². The molecule has 26 heavy (non-hydrogen) atoms. The van der Waals surface area contributed by atoms with Crippen molar-refractivity contribution in [3.63, 3.8) is 0 Å². The normalized spacial score (nSPS) is 16.0. The Balaban J connectivity index is 1.51. The Morgan fingerprint density at radius 1 is 1.23 bits per heavy atom. The molecule has 2 N–H and O–H groups in total. The third kappa shape index (κ3) is 4.40. The van der Waals surface area contributed by atoms with Crippen molar-refractivity contribution in [2.45, 2.75) is 32.7 Å². The molecule has 2 heterocycles. The van der Waals surface area contributed by atoms with Crippen LogP contribution in [0.15, 0.2) is 33.9 Å². The van der Waals surface area contributed by atoms with Gasteiger partial charge >= 0.3 is 5.69 Å². The number of likely N-dealkylation sites (tertiary alicyclic amines) is 1. The van der Waals surface area contributed by atoms with Crippen LogP contribution in [0.1, 0.15) is 26.2 Å². The van der Waals surface area contributed by atoms with Crippen LogP contribution in [0.3, 0.4) is 0 Å². The van der Waals surface area contributed by atoms with E-state index in [9.17, 15) is 14.4 Å². The Bertz CT molecular complexity index is 878. The van der Waals surface area contributed by atoms with E-state index in [2.05, 4.69) is 22.1 Å². The number of para-hydroxylation sites is 1. The number of benzene rings is 1. The van der Waals surface area contributed by atoms with Gasteiger partial charge in [0, 0.05) is 6.54 Å². The second kappa shape index (κ2) is 8.31. The summed E-state index contributed by atoms with van der Waals surface area (Å²) in [7, 11) is 0. The maximum atomic E-state index is 12.4. The van der Waals surface area contributed by atoms with Gasteiger partial charge in [0.2, 0.25) is 5.91 Å². The summed E-state index contributed by atoms with van der Waals surface area (Å²) < 4.78 is 0.948. The molecule has 0 bridgehead atoms. The number of hydrogen-bond acceptors (Lipinski definition) is 4. The number of aromatic nitrogens is 2. The first-order chi connectivity index (χ1) is 12.5. The predicted octanol–water partition coefficient (Wildman–Crippen LogP) is 0.928. The molecule has 2 aromatic rings. The zero-order valence-electron chi connectivity index (χ0n) is 15.2. The van der Waals surface area contributed by atoms with E-state index in [4.69, 9.17) is 0 Å². The predicted molar refractivity (Wildman–Crippen MR) is 101 cm³/mol. The van der Waals surface area contributed by atoms with E-state index < -0.39 is 11.2 Å². The highest BCUT2D eigenvalue weighted by Crippen LogP contribution is 2.15. The van der Waals surface area contributed by atoms with E-state index in [1.807, 2.05) is 0 Å². The van der Waals surface area contributed by atoms with Gasteiger partial charge in [-0.05, 0) is 56.9 Å². The topological polar surface area (TPSA) is 87.2 Å². The zero-order valence-corrected chi connectivity index (χ0v) is 15.2. The van der Waals surface area contributed by atoms with Crippen LogP contribution in [-0.4, -0.2) is 46.5 Å². The molecule has 1 saturated heterocycles. The van der Waals surface area contributed by atoms with Crippen molar-refractivity contribution in [3.05, 3.63) is 45.1 Å². The average Bonchev–Trinajstić information content (AvgIpc) is 2.64. The van der Waals surface area contributed by atoms with Gasteiger partial charge in [0.25, 0.3) is 5.56 Å². The molecule has 1 amide bonds. The van der Waals surface area contributed by atoms with Gasteiger partial charge < -0.3 is 15.2 Å². The van der Waals surface area contributed by atoms with E-state index in [1.54, 1.807) is 24.3 Å². The maximum absolute atomic E-state index is 12.4. The van der Waals surface area contributed by atoms with Crippen LogP contribution in [0.4, 0.5) is 0 Å². The summed E-state index contributed by atoms with van der Waals surface area (Å²) in [6.07, 6.45) is 3.34. The number of fused-ring (bicyclic) bond motifs is 1. The van der Waals surface area contributed by atoms with Gasteiger partial charge in [0.05, 0.1) is 10.9 Å². The van der Waals surface area contributed by atoms with Gasteiger partial charge in [-0.25, -0.2) is 4.79 Å². The number of nitrogens with zero attached hydrogens (tertiary/aromatic N) is 2. The lowest BCUT2D eigenvalue weighted by Gasteiger charge is -2.30. The standard InChI is InChI=1S/C19H26N4O3/c1-14-7-11-22(12-8-14)10-4-9-20-17(24)13-23-18(25)15-5-2-3-6-16(15)21-19(23)26/h2-3,5-6,14H,4,7-13H2,1H3,(H,20,24)(H,21,26). The smallest absolute Gasteiger partial charge is 0.329 e. The highest BCUT2D eigenvalue weighted by molar-refractivity contribution is 5.78. The lowest BCUT2D eigenvalue weighted by atomic mass is 9.99. The molecule has 7 heteroatoms. The number of nitrogens with one attached hydrogen (secondary N) is 2. The monoisotopic (exact) mass is 358 g/mol. The Morgan fingerprint density at radius 2 is 1.96 bits per heavy atom. The van der Waals surface area contributed by atoms with Crippen LogP contribution < -0.4 is 16.6 Å². The summed E-state index contributed by atoms with van der Waals surface area (Å²) in [6.45, 7) is 5.77. The van der Waals surface area contributed by atoms with Crippen molar-refractivity contribution in [3.8, 4) is 0 Å². The molecule has 0 radical (unpaired) electrons. The van der Waals surface area contributed by atoms with E-state index in [0.717, 1.165) is 36.5 Å². The van der Waals surface area contributed by atoms with Gasteiger partial charge in [-0.1, -0.05) is 19.1 Å². The van der Waals surface area contributed by atoms with Crippen molar-refractivity contribution in [1.29, 1.82) is 0 Å². The minimum absolute atomic E-state index is 0.264. The van der Waals surface area contributed by atoms with Crippen LogP contribution in [0.5, 0.6) is 0 Å². The molecule has 140 valence electrons. The molecular weight excluding hydrogens is 332 g/mol. The highest BCUT2D eigenvalue weighted by atomic mass is 16.2. The molecule has 0 spiro atoms. The lowest BCUT2D eigenvalue weighted by Crippen LogP contribution is -2.41. The van der Waals surface area contributed by atoms with E-state index in [1.165, 1.54) is 12.8 Å². The molecule has 1 aliphatic rings. The molecule has 7 nitrogen and oxygen atoms in total. The molecule has 0 aliphatic carbocycles. The van der Waals surface area contributed by atoms with Crippen LogP contribution in [0, 0.1) is 5.92 Å². The van der Waals surface area contributed by atoms with Gasteiger partial charge in [0.15, 0.2) is 0 Å². The second-order valence-electron chi connectivity index (χ2n) is 7.09. The Kier molecular flexibility index (Phi) is 5.88. The van der Waals surface area contributed by atoms with Crippen molar-refractivity contribution in [2.24, 2.45) is 5.92 Å². The summed E-state index contributed by atoms with van der Waals surface area (Å²) in [4.78, 5) is 41.6. The Hall–Kier alpha value is -2.41. The third-order valence-corrected chi connectivity index (χ3v) is 5.04. The number of hydrogen-bond donors (Lipinski definition) is 2. The van der Waals surface area contributed by atoms with Crippen LogP contribution >= 0.6 is 0 Å². The summed E-state index contributed by atoms with van der Waals surface area (Å²) in [5.41, 5.74) is -0.525. The van der Waals surface area contributed by atoms with Crippen molar-refractivity contribution in [1.82, 2.24) is 19.8 Å². The van der Waals surface area contributed by atoms with Crippen molar-refractivity contribution < 1.29 is 4.79 Å². The van der Waals surface area contributed by atoms with Crippen molar-refractivity contribution in [2.75, 3.05) is 26.2 Å². The fourth-order valence-corrected chi connectivity index (χ4v) is 3.36. The highest BCUT2D eigenvalue weighted by Gasteiger charge is 2.15. The summed E-state index contributed by atoms with van der Waals surface area (Å²) in [5.74, 6) is 0.490. The van der Waals surface area contributed by atoms with Crippen LogP contribution in [0.2, 0.25) is 0 Å². The third-order valence-electron chi connectivity index (χ3n) is 5.04. The summed E-state index contributed by atoms with van der Waals surface area (Å²) >= 11 is 0. The fraction of sp³-hybridized carbons (Fsp3) is 0.526. The molecule has 1 aliphatic heterocycles. The number of aromatic amines is 1. The van der Waals surface area contributed by atoms with Crippen molar-refractivity contribution >= 4 is 16.8 Å². The van der Waals surface area contributed by atoms with Crippen LogP contribution in [-0.2, 0) is 11.3 Å². The molecule has 0 saturated carbocycles. The minimum atomic E-state index is -0.564. The van der Waals surface area contributed by atoms with E-state index in [0.29, 0.717) is 17.4 Å². The quantitative estimate of drug-likeness (QED) is 0.752. The van der Waals surface area contributed by atoms with E-state index in [-0.39, 0.29) is 12.5 Å². The first kappa shape index (κ1) is 18.4. The fourth-order valence-electron chi connectivity index (χ4n) is 3.36. The summed E-state index contributed by atoms with van der Waals surface area (Å²) in [5, 5.41) is 3.21. The first-order valence-corrected chi connectivity index (χ1v) is 9.25. The minimum Gasteiger partial charge on any atom is -0.354 e. The van der Waals surface area contributed by atoms with Crippen LogP contribution in [0.25, 0.3) is 10.9 Å². The zero-order chi connectivity index (χ0) is 18.5. The molecule has 0 atom stereocenters. The largest absolute Gasteiger partial charge is 0.354 e. The Labute approximate surface area is 152 Å². The number of rotatable bonds is 6. The van der Waals surface area contributed by atoms with Gasteiger partial charge in [-0.15, -0.1) is 0 Å². The lowest BCUT2D eigenvalue weighted by molar-refractivity contribution is -0.121. The number of carbonyl (C=O) groups is 1. The molecule has 3 rings (SSSR count). The molecule has 1 fully saturated rings. The number of H-pyrrole nitrogens is 1. The molecule has 1 aromatic carbocycles. The molecule has 1 aromatic heterocycles. The Morgan fingerprint density at radius 3 is 2.73 bits per heavy atom. The average molecular weight is 358 g/mol. The number of amides is 1. The van der Waals surface area contributed by atoms with Gasteiger partial charge in [-0.3, -0.25) is 14.2 Å².